The minimum absolute atomic E-state index is 0.186. The summed E-state index contributed by atoms with van der Waals surface area (Å²) >= 11 is 0. The predicted octanol–water partition coefficient (Wildman–Crippen LogP) is 4.92. The number of carbonyl (C=O) groups excluding carboxylic acids is 1. The summed E-state index contributed by atoms with van der Waals surface area (Å²) in [5, 5.41) is 7.32. The van der Waals surface area contributed by atoms with Crippen molar-refractivity contribution in [1.29, 1.82) is 0 Å². The molecule has 0 aliphatic carbocycles. The van der Waals surface area contributed by atoms with Crippen molar-refractivity contribution in [3.63, 3.8) is 0 Å². The molecular formula is C26H30N4O5. The number of carbonyl (C=O) groups is 1. The fourth-order valence-electron chi connectivity index (χ4n) is 4.12. The van der Waals surface area contributed by atoms with Crippen molar-refractivity contribution in [3.8, 4) is 28.6 Å². The van der Waals surface area contributed by atoms with Gasteiger partial charge in [0.1, 0.15) is 5.75 Å². The number of rotatable bonds is 8. The number of nitrogens with zero attached hydrogens (tertiary/aromatic N) is 3. The third-order valence-corrected chi connectivity index (χ3v) is 5.89. The maximum atomic E-state index is 13.1. The lowest BCUT2D eigenvalue weighted by Crippen LogP contribution is -2.47. The first-order chi connectivity index (χ1) is 16.9. The van der Waals surface area contributed by atoms with E-state index in [1.54, 1.807) is 26.2 Å². The van der Waals surface area contributed by atoms with Gasteiger partial charge in [-0.3, -0.25) is 4.90 Å². The molecule has 0 fully saturated rings. The van der Waals surface area contributed by atoms with Gasteiger partial charge in [-0.15, -0.1) is 0 Å². The molecule has 1 aliphatic heterocycles. The van der Waals surface area contributed by atoms with Gasteiger partial charge in [0.15, 0.2) is 11.5 Å². The minimum Gasteiger partial charge on any atom is -0.497 e. The first kappa shape index (κ1) is 24.1. The number of ether oxygens (including phenoxy) is 3. The second kappa shape index (κ2) is 10.1. The van der Waals surface area contributed by atoms with E-state index in [4.69, 9.17) is 23.7 Å². The van der Waals surface area contributed by atoms with Gasteiger partial charge in [-0.25, -0.2) is 4.79 Å². The van der Waals surface area contributed by atoms with Crippen LogP contribution in [0.3, 0.4) is 0 Å². The van der Waals surface area contributed by atoms with Gasteiger partial charge in [-0.05, 0) is 54.8 Å². The van der Waals surface area contributed by atoms with Crippen molar-refractivity contribution in [2.75, 3.05) is 27.9 Å². The van der Waals surface area contributed by atoms with Gasteiger partial charge in [0, 0.05) is 17.8 Å². The molecule has 1 aromatic heterocycles. The maximum Gasteiger partial charge on any atom is 0.322 e. The summed E-state index contributed by atoms with van der Waals surface area (Å²) in [7, 11) is 4.77. The molecule has 0 radical (unpaired) electrons. The van der Waals surface area contributed by atoms with E-state index in [1.807, 2.05) is 49.4 Å². The van der Waals surface area contributed by atoms with Crippen LogP contribution in [0.1, 0.15) is 38.3 Å². The first-order valence-corrected chi connectivity index (χ1v) is 11.4. The lowest BCUT2D eigenvalue weighted by Gasteiger charge is -2.36. The summed E-state index contributed by atoms with van der Waals surface area (Å²) < 4.78 is 21.8. The normalized spacial score (nSPS) is 15.9. The number of urea groups is 1. The summed E-state index contributed by atoms with van der Waals surface area (Å²) in [5.41, 5.74) is 3.08. The van der Waals surface area contributed by atoms with Crippen LogP contribution in [0.2, 0.25) is 0 Å². The van der Waals surface area contributed by atoms with Crippen LogP contribution < -0.4 is 19.5 Å². The van der Waals surface area contributed by atoms with Crippen LogP contribution in [0, 0.1) is 5.92 Å². The Kier molecular flexibility index (Phi) is 6.95. The smallest absolute Gasteiger partial charge is 0.322 e. The Morgan fingerprint density at radius 1 is 1.03 bits per heavy atom. The van der Waals surface area contributed by atoms with Gasteiger partial charge in [-0.1, -0.05) is 25.1 Å². The zero-order valence-corrected chi connectivity index (χ0v) is 20.8. The average molecular weight is 479 g/mol. The van der Waals surface area contributed by atoms with Crippen LogP contribution in [-0.2, 0) is 0 Å². The van der Waals surface area contributed by atoms with Gasteiger partial charge in [0.2, 0.25) is 5.82 Å². The third-order valence-electron chi connectivity index (χ3n) is 5.89. The average Bonchev–Trinajstić information content (AvgIpc) is 3.35. The number of allylic oxidation sites excluding steroid dienone is 1. The van der Waals surface area contributed by atoms with Crippen LogP contribution >= 0.6 is 0 Å². The molecule has 4 rings (SSSR count). The molecule has 1 atom stereocenters. The Hall–Kier alpha value is -4.01. The molecule has 2 heterocycles. The van der Waals surface area contributed by atoms with Gasteiger partial charge in [0.25, 0.3) is 5.89 Å². The number of hydrogen-bond acceptors (Lipinski definition) is 7. The molecule has 0 saturated carbocycles. The SMILES string of the molecule is COc1ccc(-c2noc(C3=C(C)N(CC(C)C)C(=O)NC3c3ccc(OC)c(OC)c3)n2)cc1. The fraction of sp³-hybridized carbons (Fsp3) is 0.346. The second-order valence-electron chi connectivity index (χ2n) is 8.65. The van der Waals surface area contributed by atoms with Crippen LogP contribution in [0.5, 0.6) is 17.2 Å². The number of amides is 2. The lowest BCUT2D eigenvalue weighted by molar-refractivity contribution is 0.199. The molecule has 2 aromatic carbocycles. The van der Waals surface area contributed by atoms with Crippen LogP contribution in [0.15, 0.2) is 52.7 Å². The highest BCUT2D eigenvalue weighted by molar-refractivity contribution is 5.87. The Morgan fingerprint density at radius 2 is 1.74 bits per heavy atom. The topological polar surface area (TPSA) is 99.0 Å². The third kappa shape index (κ3) is 4.80. The van der Waals surface area contributed by atoms with Crippen molar-refractivity contribution < 1.29 is 23.5 Å². The minimum atomic E-state index is -0.519. The summed E-state index contributed by atoms with van der Waals surface area (Å²) in [6, 6.07) is 12.3. The Morgan fingerprint density at radius 3 is 2.37 bits per heavy atom. The highest BCUT2D eigenvalue weighted by Gasteiger charge is 2.36. The van der Waals surface area contributed by atoms with Crippen molar-refractivity contribution in [2.45, 2.75) is 26.8 Å². The van der Waals surface area contributed by atoms with Crippen LogP contribution in [0.4, 0.5) is 4.79 Å². The number of nitrogens with one attached hydrogen (secondary N) is 1. The fourth-order valence-corrected chi connectivity index (χ4v) is 4.12. The Labute approximate surface area is 204 Å². The van der Waals surface area contributed by atoms with E-state index in [1.165, 1.54) is 0 Å². The van der Waals surface area contributed by atoms with E-state index in [-0.39, 0.29) is 11.9 Å². The van der Waals surface area contributed by atoms with Gasteiger partial charge >= 0.3 is 6.03 Å². The highest BCUT2D eigenvalue weighted by atomic mass is 16.5. The molecule has 1 unspecified atom stereocenters. The van der Waals surface area contributed by atoms with Crippen molar-refractivity contribution in [1.82, 2.24) is 20.4 Å². The first-order valence-electron chi connectivity index (χ1n) is 11.4. The van der Waals surface area contributed by atoms with E-state index in [9.17, 15) is 4.79 Å². The molecular weight excluding hydrogens is 448 g/mol. The van der Waals surface area contributed by atoms with Gasteiger partial charge in [0.05, 0.1) is 32.9 Å². The van der Waals surface area contributed by atoms with E-state index < -0.39 is 6.04 Å². The number of benzene rings is 2. The summed E-state index contributed by atoms with van der Waals surface area (Å²) in [6.45, 7) is 6.59. The zero-order valence-electron chi connectivity index (χ0n) is 20.8. The molecule has 9 nitrogen and oxygen atoms in total. The second-order valence-corrected chi connectivity index (χ2v) is 8.65. The van der Waals surface area contributed by atoms with Crippen molar-refractivity contribution in [2.24, 2.45) is 5.92 Å². The van der Waals surface area contributed by atoms with Gasteiger partial charge < -0.3 is 24.1 Å². The molecule has 1 N–H and O–H groups in total. The van der Waals surface area contributed by atoms with Gasteiger partial charge in [-0.2, -0.15) is 4.98 Å². The van der Waals surface area contributed by atoms with E-state index in [2.05, 4.69) is 24.3 Å². The monoisotopic (exact) mass is 478 g/mol. The quantitative estimate of drug-likeness (QED) is 0.491. The van der Waals surface area contributed by atoms with Crippen LogP contribution in [0.25, 0.3) is 17.0 Å². The Bertz CT molecular complexity index is 1230. The largest absolute Gasteiger partial charge is 0.497 e. The number of aromatic nitrogens is 2. The molecule has 0 saturated heterocycles. The summed E-state index contributed by atoms with van der Waals surface area (Å²) in [5.74, 6) is 2.95. The number of hydrogen-bond donors (Lipinski definition) is 1. The van der Waals surface area contributed by atoms with Crippen LogP contribution in [-0.4, -0.2) is 48.9 Å². The summed E-state index contributed by atoms with van der Waals surface area (Å²) in [4.78, 5) is 19.5. The predicted molar refractivity (Wildman–Crippen MR) is 131 cm³/mol. The Balaban J connectivity index is 1.81. The van der Waals surface area contributed by atoms with Crippen molar-refractivity contribution >= 4 is 11.6 Å². The van der Waals surface area contributed by atoms with E-state index in [0.29, 0.717) is 29.8 Å². The lowest BCUT2D eigenvalue weighted by atomic mass is 9.94. The summed E-state index contributed by atoms with van der Waals surface area (Å²) in [6.07, 6.45) is 0. The molecule has 3 aromatic rings. The highest BCUT2D eigenvalue weighted by Crippen LogP contribution is 2.40. The molecule has 2 amide bonds. The number of methoxy groups -OCH3 is 3. The zero-order chi connectivity index (χ0) is 25.1. The molecule has 35 heavy (non-hydrogen) atoms. The molecule has 0 spiro atoms. The molecule has 0 bridgehead atoms. The molecule has 1 aliphatic rings. The molecule has 9 heteroatoms. The maximum absolute atomic E-state index is 13.1. The molecule has 184 valence electrons. The van der Waals surface area contributed by atoms with E-state index >= 15 is 0 Å². The standard InChI is InChI=1S/C26H30N4O5/c1-15(2)14-30-16(3)22(25-28-24(29-35-25)17-7-10-19(32-4)11-8-17)23(27-26(30)31)18-9-12-20(33-5)21(13-18)34-6/h7-13,15,23H,14H2,1-6H3,(H,27,31). The van der Waals surface area contributed by atoms with E-state index in [0.717, 1.165) is 28.1 Å². The van der Waals surface area contributed by atoms with Crippen molar-refractivity contribution in [3.05, 3.63) is 59.6 Å².